The maximum Gasteiger partial charge on any atom is 0.242 e. The molecule has 2 N–H and O–H groups in total. The second-order valence-corrected chi connectivity index (χ2v) is 7.13. The summed E-state index contributed by atoms with van der Waals surface area (Å²) in [5.74, 6) is 0. The maximum absolute atomic E-state index is 12.4. The maximum atomic E-state index is 12.4. The van der Waals surface area contributed by atoms with E-state index in [0.29, 0.717) is 17.6 Å². The van der Waals surface area contributed by atoms with Crippen molar-refractivity contribution in [1.29, 1.82) is 0 Å². The quantitative estimate of drug-likeness (QED) is 0.852. The minimum Gasteiger partial charge on any atom is -0.378 e. The molecule has 2 rings (SSSR count). The van der Waals surface area contributed by atoms with Gasteiger partial charge in [0.1, 0.15) is 0 Å². The molecule has 1 aromatic carbocycles. The summed E-state index contributed by atoms with van der Waals surface area (Å²) in [5, 5.41) is 3.11. The van der Waals surface area contributed by atoms with Crippen LogP contribution in [0.5, 0.6) is 0 Å². The van der Waals surface area contributed by atoms with Crippen LogP contribution in [-0.4, -0.2) is 40.8 Å². The van der Waals surface area contributed by atoms with Crippen molar-refractivity contribution < 1.29 is 13.2 Å². The minimum absolute atomic E-state index is 0.140. The van der Waals surface area contributed by atoms with Crippen LogP contribution >= 0.6 is 15.9 Å². The molecule has 1 saturated heterocycles. The molecule has 1 fully saturated rings. The molecule has 1 aromatic rings. The van der Waals surface area contributed by atoms with E-state index in [1.165, 1.54) is 0 Å². The van der Waals surface area contributed by atoms with E-state index in [0.717, 1.165) is 5.56 Å². The van der Waals surface area contributed by atoms with Crippen molar-refractivity contribution in [3.8, 4) is 0 Å². The summed E-state index contributed by atoms with van der Waals surface area (Å²) in [6.45, 7) is 3.14. The number of sulfonamides is 1. The highest BCUT2D eigenvalue weighted by Gasteiger charge is 2.31. The van der Waals surface area contributed by atoms with Gasteiger partial charge in [-0.25, -0.2) is 13.1 Å². The van der Waals surface area contributed by atoms with Gasteiger partial charge in [-0.3, -0.25) is 0 Å². The summed E-state index contributed by atoms with van der Waals surface area (Å²) in [7, 11) is -1.97. The third kappa shape index (κ3) is 3.35. The van der Waals surface area contributed by atoms with Gasteiger partial charge < -0.3 is 10.1 Å². The molecule has 0 bridgehead atoms. The fraction of sp³-hybridized carbons (Fsp3) is 0.500. The van der Waals surface area contributed by atoms with Crippen LogP contribution in [0, 0.1) is 6.92 Å². The largest absolute Gasteiger partial charge is 0.378 e. The number of aryl methyl sites for hydroxylation is 1. The number of nitrogens with one attached hydrogen (secondary N) is 2. The Bertz CT molecular complexity index is 562. The average molecular weight is 349 g/mol. The van der Waals surface area contributed by atoms with Gasteiger partial charge in [0.15, 0.2) is 0 Å². The highest BCUT2D eigenvalue weighted by atomic mass is 79.9. The third-order valence-corrected chi connectivity index (χ3v) is 5.61. The van der Waals surface area contributed by atoms with Crippen molar-refractivity contribution in [3.63, 3.8) is 0 Å². The molecule has 0 aromatic heterocycles. The molecule has 1 aliphatic rings. The Balaban J connectivity index is 2.23. The Morgan fingerprint density at radius 3 is 2.79 bits per heavy atom. The van der Waals surface area contributed by atoms with E-state index in [1.54, 1.807) is 25.3 Å². The van der Waals surface area contributed by atoms with E-state index < -0.39 is 10.0 Å². The number of ether oxygens (including phenoxy) is 1. The van der Waals surface area contributed by atoms with Gasteiger partial charge in [-0.05, 0) is 40.5 Å². The summed E-state index contributed by atoms with van der Waals surface area (Å²) in [5.41, 5.74) is 1.00. The zero-order chi connectivity index (χ0) is 14.0. The molecule has 7 heteroatoms. The molecule has 5 nitrogen and oxygen atoms in total. The van der Waals surface area contributed by atoms with E-state index in [1.807, 2.05) is 6.92 Å². The van der Waals surface area contributed by atoms with Crippen LogP contribution in [0.25, 0.3) is 0 Å². The summed E-state index contributed by atoms with van der Waals surface area (Å²) >= 11 is 3.30. The lowest BCUT2D eigenvalue weighted by atomic mass is 10.2. The molecular formula is C12H17BrN2O3S. The van der Waals surface area contributed by atoms with Crippen molar-refractivity contribution in [2.45, 2.75) is 24.0 Å². The third-order valence-electron chi connectivity index (χ3n) is 3.14. The van der Waals surface area contributed by atoms with Gasteiger partial charge in [0.2, 0.25) is 10.0 Å². The molecule has 0 aliphatic carbocycles. The van der Waals surface area contributed by atoms with Crippen LogP contribution in [-0.2, 0) is 14.8 Å². The Hall–Kier alpha value is -0.470. The second-order valence-electron chi connectivity index (χ2n) is 4.59. The number of rotatable bonds is 4. The normalized spacial score (nSPS) is 23.7. The molecule has 1 heterocycles. The van der Waals surface area contributed by atoms with Crippen LogP contribution in [0.2, 0.25) is 0 Å². The van der Waals surface area contributed by atoms with E-state index in [9.17, 15) is 8.42 Å². The van der Waals surface area contributed by atoms with Crippen LogP contribution in [0.1, 0.15) is 5.56 Å². The average Bonchev–Trinajstić information content (AvgIpc) is 2.74. The van der Waals surface area contributed by atoms with Gasteiger partial charge in [-0.15, -0.1) is 0 Å². The fourth-order valence-corrected chi connectivity index (χ4v) is 4.56. The number of hydrogen-bond acceptors (Lipinski definition) is 4. The molecule has 0 amide bonds. The summed E-state index contributed by atoms with van der Waals surface area (Å²) in [6, 6.07) is 4.92. The molecule has 0 radical (unpaired) electrons. The Morgan fingerprint density at radius 1 is 1.42 bits per heavy atom. The van der Waals surface area contributed by atoms with E-state index in [2.05, 4.69) is 26.0 Å². The Kier molecular flexibility index (Phi) is 4.62. The van der Waals surface area contributed by atoms with Gasteiger partial charge in [0, 0.05) is 24.7 Å². The lowest BCUT2D eigenvalue weighted by molar-refractivity contribution is 0.103. The molecule has 1 unspecified atom stereocenters. The highest BCUT2D eigenvalue weighted by Crippen LogP contribution is 2.23. The van der Waals surface area contributed by atoms with Gasteiger partial charge in [0.25, 0.3) is 0 Å². The first-order valence-electron chi connectivity index (χ1n) is 5.96. The van der Waals surface area contributed by atoms with Crippen molar-refractivity contribution >= 4 is 26.0 Å². The molecule has 106 valence electrons. The van der Waals surface area contributed by atoms with Crippen LogP contribution in [0.3, 0.4) is 0 Å². The van der Waals surface area contributed by atoms with Crippen LogP contribution < -0.4 is 10.0 Å². The zero-order valence-corrected chi connectivity index (χ0v) is 13.2. The standard InChI is InChI=1S/C12H17BrN2O3S/c1-8-3-4-12(9(13)5-8)19(16,17)15-10-6-14-7-11(10)18-2/h3-5,10-11,14-15H,6-7H2,1-2H3/t10?,11-/m0/s1. The number of methoxy groups -OCH3 is 1. The highest BCUT2D eigenvalue weighted by molar-refractivity contribution is 9.10. The van der Waals surface area contributed by atoms with E-state index >= 15 is 0 Å². The van der Waals surface area contributed by atoms with Crippen molar-refractivity contribution in [1.82, 2.24) is 10.0 Å². The Labute approximate surface area is 121 Å². The number of benzene rings is 1. The van der Waals surface area contributed by atoms with Crippen molar-refractivity contribution in [3.05, 3.63) is 28.2 Å². The van der Waals surface area contributed by atoms with Gasteiger partial charge in [0.05, 0.1) is 17.0 Å². The first-order valence-corrected chi connectivity index (χ1v) is 8.23. The van der Waals surface area contributed by atoms with Gasteiger partial charge in [-0.2, -0.15) is 0 Å². The lowest BCUT2D eigenvalue weighted by Gasteiger charge is -2.19. The SMILES string of the molecule is CO[C@H]1CNCC1NS(=O)(=O)c1ccc(C)cc1Br. The molecule has 2 atom stereocenters. The van der Waals surface area contributed by atoms with Crippen molar-refractivity contribution in [2.75, 3.05) is 20.2 Å². The van der Waals surface area contributed by atoms with Gasteiger partial charge >= 0.3 is 0 Å². The first kappa shape index (κ1) is 14.9. The predicted octanol–water partition coefficient (Wildman–Crippen LogP) is 1.02. The smallest absolute Gasteiger partial charge is 0.242 e. The molecule has 0 spiro atoms. The van der Waals surface area contributed by atoms with Crippen LogP contribution in [0.4, 0.5) is 0 Å². The number of halogens is 1. The second kappa shape index (κ2) is 5.88. The van der Waals surface area contributed by atoms with E-state index in [4.69, 9.17) is 4.74 Å². The van der Waals surface area contributed by atoms with Crippen molar-refractivity contribution in [2.24, 2.45) is 0 Å². The molecule has 1 aliphatic heterocycles. The topological polar surface area (TPSA) is 67.4 Å². The zero-order valence-electron chi connectivity index (χ0n) is 10.8. The predicted molar refractivity (Wildman–Crippen MR) is 76.7 cm³/mol. The first-order chi connectivity index (χ1) is 8.94. The minimum atomic E-state index is -3.55. The molecular weight excluding hydrogens is 332 g/mol. The fourth-order valence-electron chi connectivity index (χ4n) is 2.11. The molecule has 0 saturated carbocycles. The summed E-state index contributed by atoms with van der Waals surface area (Å²) in [4.78, 5) is 0.250. The molecule has 19 heavy (non-hydrogen) atoms. The van der Waals surface area contributed by atoms with Crippen LogP contribution in [0.15, 0.2) is 27.6 Å². The van der Waals surface area contributed by atoms with Gasteiger partial charge in [-0.1, -0.05) is 6.07 Å². The van der Waals surface area contributed by atoms with E-state index in [-0.39, 0.29) is 17.0 Å². The monoisotopic (exact) mass is 348 g/mol. The lowest BCUT2D eigenvalue weighted by Crippen LogP contribution is -2.43. The number of hydrogen-bond donors (Lipinski definition) is 2. The Morgan fingerprint density at radius 2 is 2.16 bits per heavy atom. The summed E-state index contributed by atoms with van der Waals surface area (Å²) < 4.78 is 33.2. The summed E-state index contributed by atoms with van der Waals surface area (Å²) in [6.07, 6.45) is -0.140.